The number of hydrogen-bond donors (Lipinski definition) is 3. The van der Waals surface area contributed by atoms with Crippen molar-refractivity contribution in [2.75, 3.05) is 10.6 Å². The van der Waals surface area contributed by atoms with Gasteiger partial charge in [0.05, 0.1) is 22.8 Å². The molecule has 1 amide bonds. The van der Waals surface area contributed by atoms with Crippen LogP contribution in [0, 0.1) is 6.92 Å². The second-order valence-electron chi connectivity index (χ2n) is 12.8. The van der Waals surface area contributed by atoms with Gasteiger partial charge in [-0.2, -0.15) is 0 Å². The number of nitrogens with one attached hydrogen (secondary N) is 2. The minimum absolute atomic E-state index is 0.388. The number of amides is 1. The number of benzene rings is 4. The van der Waals surface area contributed by atoms with Gasteiger partial charge in [0, 0.05) is 65.2 Å². The first-order valence-electron chi connectivity index (χ1n) is 17.1. The lowest BCUT2D eigenvalue weighted by Crippen LogP contribution is -2.37. The van der Waals surface area contributed by atoms with E-state index < -0.39 is 18.1 Å². The normalized spacial score (nSPS) is 12.5. The monoisotopic (exact) mass is 684 g/mol. The van der Waals surface area contributed by atoms with Gasteiger partial charge in [0.1, 0.15) is 5.82 Å². The molecule has 0 saturated heterocycles. The Kier molecular flexibility index (Phi) is 8.72. The summed E-state index contributed by atoms with van der Waals surface area (Å²) >= 11 is 0. The van der Waals surface area contributed by atoms with Gasteiger partial charge in [0.15, 0.2) is 6.10 Å². The molecule has 4 aromatic heterocycles. The van der Waals surface area contributed by atoms with Crippen LogP contribution in [-0.4, -0.2) is 46.2 Å². The van der Waals surface area contributed by atoms with Crippen LogP contribution in [0.25, 0.3) is 44.6 Å². The van der Waals surface area contributed by atoms with Crippen LogP contribution in [0.5, 0.6) is 0 Å². The van der Waals surface area contributed by atoms with Crippen molar-refractivity contribution in [1.82, 2.24) is 29.1 Å². The number of aliphatic hydroxyl groups is 1. The molecule has 8 rings (SSSR count). The van der Waals surface area contributed by atoms with Crippen LogP contribution in [0.4, 0.5) is 17.3 Å². The zero-order valence-electron chi connectivity index (χ0n) is 28.7. The molecular formula is C42H36N8O2. The van der Waals surface area contributed by atoms with Gasteiger partial charge in [-0.3, -0.25) is 9.78 Å². The third kappa shape index (κ3) is 6.38. The maximum Gasteiger partial charge on any atom is 0.255 e. The van der Waals surface area contributed by atoms with Crippen LogP contribution in [-0.2, 0) is 18.3 Å². The third-order valence-corrected chi connectivity index (χ3v) is 9.35. The molecule has 0 aliphatic rings. The number of aryl methyl sites for hydroxylation is 2. The van der Waals surface area contributed by atoms with E-state index in [2.05, 4.69) is 48.5 Å². The van der Waals surface area contributed by atoms with Crippen molar-refractivity contribution in [2.45, 2.75) is 25.5 Å². The summed E-state index contributed by atoms with van der Waals surface area (Å²) in [4.78, 5) is 32.5. The van der Waals surface area contributed by atoms with E-state index in [9.17, 15) is 9.90 Å². The van der Waals surface area contributed by atoms with Crippen molar-refractivity contribution in [1.29, 1.82) is 0 Å². The molecule has 256 valence electrons. The average Bonchev–Trinajstić information content (AvgIpc) is 3.73. The molecule has 0 aliphatic heterocycles. The molecule has 52 heavy (non-hydrogen) atoms. The predicted octanol–water partition coefficient (Wildman–Crippen LogP) is 7.88. The summed E-state index contributed by atoms with van der Waals surface area (Å²) in [5, 5.41) is 19.4. The van der Waals surface area contributed by atoms with Crippen LogP contribution in [0.15, 0.2) is 140 Å². The van der Waals surface area contributed by atoms with Gasteiger partial charge in [-0.1, -0.05) is 66.7 Å². The third-order valence-electron chi connectivity index (χ3n) is 9.35. The lowest BCUT2D eigenvalue weighted by molar-refractivity contribution is -0.126. The topological polar surface area (TPSA) is 123 Å². The van der Waals surface area contributed by atoms with Crippen molar-refractivity contribution >= 4 is 45.2 Å². The highest BCUT2D eigenvalue weighted by atomic mass is 16.3. The minimum atomic E-state index is -1.44. The first-order chi connectivity index (χ1) is 25.4. The smallest absolute Gasteiger partial charge is 0.255 e. The molecule has 0 radical (unpaired) electrons. The highest BCUT2D eigenvalue weighted by Gasteiger charge is 2.32. The average molecular weight is 685 g/mol. The lowest BCUT2D eigenvalue weighted by Gasteiger charge is -2.26. The molecule has 4 aromatic carbocycles. The van der Waals surface area contributed by atoms with E-state index >= 15 is 0 Å². The van der Waals surface area contributed by atoms with Crippen molar-refractivity contribution in [3.63, 3.8) is 0 Å². The lowest BCUT2D eigenvalue weighted by atomic mass is 9.99. The van der Waals surface area contributed by atoms with Crippen molar-refractivity contribution < 1.29 is 9.90 Å². The van der Waals surface area contributed by atoms with Crippen molar-refractivity contribution in [3.05, 3.63) is 151 Å². The van der Waals surface area contributed by atoms with Gasteiger partial charge in [0.25, 0.3) is 5.91 Å². The van der Waals surface area contributed by atoms with E-state index in [0.717, 1.165) is 55.6 Å². The fourth-order valence-corrected chi connectivity index (χ4v) is 6.73. The molecule has 3 N–H and O–H groups in total. The van der Waals surface area contributed by atoms with Gasteiger partial charge in [-0.25, -0.2) is 15.0 Å². The number of rotatable bonds is 10. The number of carbonyl (C=O) groups is 1. The fourth-order valence-electron chi connectivity index (χ4n) is 6.73. The van der Waals surface area contributed by atoms with E-state index in [0.29, 0.717) is 23.9 Å². The number of aliphatic hydroxyl groups excluding tert-OH is 1. The summed E-state index contributed by atoms with van der Waals surface area (Å²) in [6, 6.07) is 36.4. The highest BCUT2D eigenvalue weighted by Crippen LogP contribution is 2.36. The number of anilines is 3. The molecule has 2 atom stereocenters. The van der Waals surface area contributed by atoms with Crippen molar-refractivity contribution in [2.24, 2.45) is 7.05 Å². The number of carbonyl (C=O) groups excluding carboxylic acids is 1. The molecule has 0 saturated carbocycles. The largest absolute Gasteiger partial charge is 0.381 e. The van der Waals surface area contributed by atoms with Gasteiger partial charge in [-0.05, 0) is 73.0 Å². The number of hydrogen-bond acceptors (Lipinski definition) is 7. The number of fused-ring (bicyclic) bond motifs is 2. The maximum atomic E-state index is 14.1. The molecule has 10 heteroatoms. The van der Waals surface area contributed by atoms with Gasteiger partial charge < -0.3 is 24.9 Å². The number of imidazole rings is 1. The summed E-state index contributed by atoms with van der Waals surface area (Å²) in [6.07, 6.45) is 6.17. The zero-order chi connectivity index (χ0) is 35.6. The summed E-state index contributed by atoms with van der Waals surface area (Å²) in [7, 11) is 2.01. The quantitative estimate of drug-likeness (QED) is 0.134. The molecule has 0 fully saturated rings. The molecule has 0 spiro atoms. The fraction of sp³-hybridized carbons (Fsp3) is 0.119. The molecule has 4 heterocycles. The molecular weight excluding hydrogens is 649 g/mol. The maximum absolute atomic E-state index is 14.1. The number of para-hydroxylation sites is 3. The van der Waals surface area contributed by atoms with Crippen LogP contribution in [0.1, 0.15) is 17.2 Å². The Bertz CT molecular complexity index is 2530. The molecule has 2 unspecified atom stereocenters. The van der Waals surface area contributed by atoms with E-state index in [-0.39, 0.29) is 0 Å². The van der Waals surface area contributed by atoms with Crippen LogP contribution >= 0.6 is 0 Å². The Morgan fingerprint density at radius 1 is 0.846 bits per heavy atom. The van der Waals surface area contributed by atoms with Crippen LogP contribution in [0.2, 0.25) is 0 Å². The van der Waals surface area contributed by atoms with E-state index in [4.69, 9.17) is 4.98 Å². The molecule has 8 aromatic rings. The van der Waals surface area contributed by atoms with E-state index in [1.54, 1.807) is 18.6 Å². The number of pyridine rings is 1. The van der Waals surface area contributed by atoms with E-state index in [1.807, 2.05) is 122 Å². The Hall–Kier alpha value is -6.65. The van der Waals surface area contributed by atoms with Crippen LogP contribution < -0.4 is 10.6 Å². The standard InChI is InChI=1S/C42H36N8O2/c1-27-18-19-30(24-35(27)48-42-44-22-20-33(47-42)29-13-10-21-43-25-29)45-41(52)39(51)38(23-28-11-4-3-5-12-28)50-37-17-9-7-15-34(37)46-40(50)32-26-49(2)36-16-8-6-14-31(32)36/h3-22,24-26,38-39,51H,23H2,1-2H3,(H,45,52)(H,44,47,48). The van der Waals surface area contributed by atoms with Crippen LogP contribution in [0.3, 0.4) is 0 Å². The first kappa shape index (κ1) is 32.5. The molecule has 0 bridgehead atoms. The van der Waals surface area contributed by atoms with E-state index in [1.165, 1.54) is 0 Å². The predicted molar refractivity (Wildman–Crippen MR) is 205 cm³/mol. The first-order valence-corrected chi connectivity index (χ1v) is 17.1. The number of nitrogens with zero attached hydrogens (tertiary/aromatic N) is 6. The minimum Gasteiger partial charge on any atom is -0.381 e. The second kappa shape index (κ2) is 13.9. The summed E-state index contributed by atoms with van der Waals surface area (Å²) in [6.45, 7) is 1.96. The van der Waals surface area contributed by atoms with Crippen molar-refractivity contribution in [3.8, 4) is 22.6 Å². The molecule has 10 nitrogen and oxygen atoms in total. The Morgan fingerprint density at radius 3 is 2.46 bits per heavy atom. The van der Waals surface area contributed by atoms with Gasteiger partial charge in [0.2, 0.25) is 5.95 Å². The SMILES string of the molecule is Cc1ccc(NC(=O)C(O)C(Cc2ccccc2)n2c(-c3cn(C)c4ccccc34)nc3ccccc32)cc1Nc1nccc(-c2cccnc2)n1. The van der Waals surface area contributed by atoms with Gasteiger partial charge in [-0.15, -0.1) is 0 Å². The Labute approximate surface area is 300 Å². The highest BCUT2D eigenvalue weighted by molar-refractivity contribution is 5.98. The number of aromatic nitrogens is 6. The van der Waals surface area contributed by atoms with Gasteiger partial charge >= 0.3 is 0 Å². The summed E-state index contributed by atoms with van der Waals surface area (Å²) in [5.41, 5.74) is 8.34. The summed E-state index contributed by atoms with van der Waals surface area (Å²) in [5.74, 6) is 0.553. The Morgan fingerprint density at radius 2 is 1.63 bits per heavy atom. The second-order valence-corrected chi connectivity index (χ2v) is 12.8. The molecule has 0 aliphatic carbocycles. The Balaban J connectivity index is 1.14. The zero-order valence-corrected chi connectivity index (χ0v) is 28.7. The summed E-state index contributed by atoms with van der Waals surface area (Å²) < 4.78 is 4.11.